The molecule has 0 aliphatic heterocycles. The van der Waals surface area contributed by atoms with Crippen LogP contribution in [-0.4, -0.2) is 16.7 Å². The molecule has 230 valence electrons. The summed E-state index contributed by atoms with van der Waals surface area (Å²) in [5.41, 5.74) is 8.98. The van der Waals surface area contributed by atoms with Crippen molar-refractivity contribution in [3.63, 3.8) is 0 Å². The second kappa shape index (κ2) is 12.3. The van der Waals surface area contributed by atoms with Gasteiger partial charge in [-0.15, -0.1) is 0 Å². The van der Waals surface area contributed by atoms with Gasteiger partial charge in [0.25, 0.3) is 0 Å². The van der Waals surface area contributed by atoms with Crippen molar-refractivity contribution in [3.05, 3.63) is 107 Å². The highest BCUT2D eigenvalue weighted by Crippen LogP contribution is 2.41. The van der Waals surface area contributed by atoms with E-state index in [1.54, 1.807) is 34.9 Å². The maximum atomic E-state index is 14.8. The van der Waals surface area contributed by atoms with Gasteiger partial charge in [0.2, 0.25) is 0 Å². The summed E-state index contributed by atoms with van der Waals surface area (Å²) in [6.07, 6.45) is -3.61. The van der Waals surface area contributed by atoms with Crippen molar-refractivity contribution < 1.29 is 13.2 Å². The number of aromatic nitrogens is 1. The van der Waals surface area contributed by atoms with E-state index in [0.717, 1.165) is 34.3 Å². The number of hydrogen-bond donors (Lipinski definition) is 1. The molecule has 0 aliphatic rings. The van der Waals surface area contributed by atoms with Crippen molar-refractivity contribution in [3.8, 4) is 5.69 Å². The molecule has 4 nitrogen and oxygen atoms in total. The Morgan fingerprint density at radius 1 is 0.705 bits per heavy atom. The summed E-state index contributed by atoms with van der Waals surface area (Å²) in [6, 6.07) is 25.3. The molecule has 0 aliphatic carbocycles. The first-order valence-electron chi connectivity index (χ1n) is 14.9. The number of amidine groups is 1. The second-order valence-electron chi connectivity index (χ2n) is 12.6. The molecule has 0 radical (unpaired) electrons. The summed E-state index contributed by atoms with van der Waals surface area (Å²) in [5.74, 6) is 0.0904. The summed E-state index contributed by atoms with van der Waals surface area (Å²) in [5, 5.41) is 1.83. The van der Waals surface area contributed by atoms with Gasteiger partial charge in [-0.05, 0) is 76.6 Å². The summed E-state index contributed by atoms with van der Waals surface area (Å²) in [4.78, 5) is 8.56. The second-order valence-corrected chi connectivity index (χ2v) is 12.6. The highest BCUT2D eigenvalue weighted by molar-refractivity contribution is 6.10. The summed E-state index contributed by atoms with van der Waals surface area (Å²) >= 11 is 0. The van der Waals surface area contributed by atoms with Gasteiger partial charge in [0.15, 0.2) is 5.84 Å². The van der Waals surface area contributed by atoms with Crippen LogP contribution in [0.4, 0.5) is 18.9 Å². The van der Waals surface area contributed by atoms with Crippen LogP contribution in [0, 0.1) is 0 Å². The minimum Gasteiger partial charge on any atom is -0.390 e. The largest absolute Gasteiger partial charge is 0.418 e. The van der Waals surface area contributed by atoms with Crippen LogP contribution < -0.4 is 5.73 Å². The number of nitrogens with two attached hydrogens (primary N) is 1. The first-order valence-corrected chi connectivity index (χ1v) is 14.9. The third-order valence-electron chi connectivity index (χ3n) is 7.49. The van der Waals surface area contributed by atoms with E-state index in [0.29, 0.717) is 16.7 Å². The molecule has 4 aromatic carbocycles. The molecular weight excluding hydrogens is 557 g/mol. The molecule has 0 amide bonds. The lowest BCUT2D eigenvalue weighted by Crippen LogP contribution is -2.13. The fourth-order valence-electron chi connectivity index (χ4n) is 5.18. The molecule has 0 bridgehead atoms. The number of halogens is 3. The molecule has 0 saturated carbocycles. The Hall–Kier alpha value is -4.39. The minimum absolute atomic E-state index is 0.0362. The molecule has 7 heteroatoms. The quantitative estimate of drug-likeness (QED) is 0.163. The van der Waals surface area contributed by atoms with Crippen molar-refractivity contribution >= 4 is 39.7 Å². The lowest BCUT2D eigenvalue weighted by Gasteiger charge is -2.20. The van der Waals surface area contributed by atoms with Gasteiger partial charge in [0.05, 0.1) is 34.3 Å². The smallest absolute Gasteiger partial charge is 0.390 e. The lowest BCUT2D eigenvalue weighted by atomic mass is 9.85. The maximum Gasteiger partial charge on any atom is 0.418 e. The van der Waals surface area contributed by atoms with E-state index < -0.39 is 11.7 Å². The molecule has 0 spiro atoms. The van der Waals surface area contributed by atoms with Gasteiger partial charge < -0.3 is 10.3 Å². The van der Waals surface area contributed by atoms with Crippen LogP contribution in [-0.2, 0) is 17.0 Å². The Balaban J connectivity index is 0.00000216. The van der Waals surface area contributed by atoms with Gasteiger partial charge in [-0.25, -0.2) is 9.98 Å². The first kappa shape index (κ1) is 32.5. The first-order chi connectivity index (χ1) is 20.7. The van der Waals surface area contributed by atoms with Crippen LogP contribution >= 0.6 is 0 Å². The number of para-hydroxylation sites is 1. The molecule has 0 atom stereocenters. The SMILES string of the molecule is CC.CC(C)(C)c1ccc2c(c1)c1cc(C(C)(C)C)ccc1n2-c1ccc(C(N=CN)=Nc2ccccc2)cc1C(F)(F)F. The Morgan fingerprint density at radius 2 is 1.23 bits per heavy atom. The number of aliphatic imine (C=N–C) groups is 2. The zero-order chi connectivity index (χ0) is 32.4. The monoisotopic (exact) mass is 598 g/mol. The van der Waals surface area contributed by atoms with Crippen LogP contribution in [0.1, 0.15) is 77.6 Å². The van der Waals surface area contributed by atoms with E-state index in [9.17, 15) is 13.2 Å². The van der Waals surface area contributed by atoms with Gasteiger partial charge in [-0.1, -0.05) is 85.7 Å². The predicted molar refractivity (Wildman–Crippen MR) is 180 cm³/mol. The summed E-state index contributed by atoms with van der Waals surface area (Å²) in [7, 11) is 0. The molecule has 0 saturated heterocycles. The number of hydrogen-bond acceptors (Lipinski definition) is 1. The Labute approximate surface area is 258 Å². The molecule has 0 fully saturated rings. The van der Waals surface area contributed by atoms with E-state index >= 15 is 0 Å². The van der Waals surface area contributed by atoms with Crippen LogP contribution in [0.15, 0.2) is 94.9 Å². The number of benzene rings is 4. The third kappa shape index (κ3) is 6.57. The molecule has 2 N–H and O–H groups in total. The van der Waals surface area contributed by atoms with Gasteiger partial charge in [-0.3, -0.25) is 0 Å². The van der Waals surface area contributed by atoms with E-state index in [1.165, 1.54) is 6.07 Å². The van der Waals surface area contributed by atoms with E-state index in [-0.39, 0.29) is 27.9 Å². The van der Waals surface area contributed by atoms with Crippen molar-refractivity contribution in [2.24, 2.45) is 15.7 Å². The van der Waals surface area contributed by atoms with E-state index in [4.69, 9.17) is 5.73 Å². The molecule has 1 heterocycles. The van der Waals surface area contributed by atoms with Crippen LogP contribution in [0.3, 0.4) is 0 Å². The third-order valence-corrected chi connectivity index (χ3v) is 7.49. The lowest BCUT2D eigenvalue weighted by molar-refractivity contribution is -0.137. The fourth-order valence-corrected chi connectivity index (χ4v) is 5.18. The fraction of sp³-hybridized carbons (Fsp3) is 0.297. The number of alkyl halides is 3. The van der Waals surface area contributed by atoms with Gasteiger partial charge >= 0.3 is 6.18 Å². The van der Waals surface area contributed by atoms with E-state index in [2.05, 4.69) is 63.7 Å². The molecule has 5 rings (SSSR count). The molecule has 1 aromatic heterocycles. The van der Waals surface area contributed by atoms with Gasteiger partial charge in [-0.2, -0.15) is 13.2 Å². The van der Waals surface area contributed by atoms with Crippen molar-refractivity contribution in [2.45, 2.75) is 72.4 Å². The molecule has 0 unspecified atom stereocenters. The summed E-state index contributed by atoms with van der Waals surface area (Å²) < 4.78 is 46.2. The van der Waals surface area contributed by atoms with Crippen molar-refractivity contribution in [2.75, 3.05) is 0 Å². The van der Waals surface area contributed by atoms with Gasteiger partial charge in [0, 0.05) is 16.3 Å². The van der Waals surface area contributed by atoms with Crippen LogP contribution in [0.2, 0.25) is 0 Å². The zero-order valence-electron chi connectivity index (χ0n) is 26.7. The number of fused-ring (bicyclic) bond motifs is 3. The predicted octanol–water partition coefficient (Wildman–Crippen LogP) is 10.5. The standard InChI is InChI=1S/C35H35F3N4.C2H6/c1-33(2,3)23-13-16-29-26(19-23)27-20-24(34(4,5)6)14-17-30(27)42(29)31-15-12-22(18-28(31)35(36,37)38)32(40-21-39)41-25-10-8-7-9-11-25;1-2/h7-21H,1-6H3,(H2,39,40,41);1-2H3. The average Bonchev–Trinajstić information content (AvgIpc) is 3.30. The number of nitrogens with zero attached hydrogens (tertiary/aromatic N) is 3. The molecular formula is C37H41F3N4. The highest BCUT2D eigenvalue weighted by atomic mass is 19.4. The molecule has 44 heavy (non-hydrogen) atoms. The maximum absolute atomic E-state index is 14.8. The minimum atomic E-state index is -4.64. The zero-order valence-corrected chi connectivity index (χ0v) is 26.7. The summed E-state index contributed by atoms with van der Waals surface area (Å²) in [6.45, 7) is 16.8. The normalized spacial score (nSPS) is 13.0. The van der Waals surface area contributed by atoms with Crippen LogP contribution in [0.5, 0.6) is 0 Å². The number of rotatable bonds is 3. The van der Waals surface area contributed by atoms with Crippen LogP contribution in [0.25, 0.3) is 27.5 Å². The Bertz CT molecular complexity index is 1760. The van der Waals surface area contributed by atoms with Crippen molar-refractivity contribution in [1.82, 2.24) is 4.57 Å². The topological polar surface area (TPSA) is 55.7 Å². The van der Waals surface area contributed by atoms with E-state index in [1.807, 2.05) is 44.2 Å². The highest BCUT2D eigenvalue weighted by Gasteiger charge is 2.35. The van der Waals surface area contributed by atoms with Crippen molar-refractivity contribution in [1.29, 1.82) is 0 Å². The van der Waals surface area contributed by atoms with Gasteiger partial charge in [0.1, 0.15) is 0 Å². The molecule has 5 aromatic rings. The Morgan fingerprint density at radius 3 is 1.68 bits per heavy atom. The Kier molecular flexibility index (Phi) is 9.10. The average molecular weight is 599 g/mol.